The molecule has 0 aromatic heterocycles. The molecule has 5 rings (SSSR count). The summed E-state index contributed by atoms with van der Waals surface area (Å²) in [4.78, 5) is 48.9. The first-order valence-corrected chi connectivity index (χ1v) is 20.7. The molecule has 10 nitrogen and oxygen atoms in total. The van der Waals surface area contributed by atoms with Crippen LogP contribution in [-0.2, 0) is 28.5 Å². The normalized spacial score (nSPS) is 16.1. The van der Waals surface area contributed by atoms with Crippen molar-refractivity contribution in [1.29, 1.82) is 0 Å². The second kappa shape index (κ2) is 23.5. The van der Waals surface area contributed by atoms with Crippen molar-refractivity contribution >= 4 is 45.4 Å². The van der Waals surface area contributed by atoms with E-state index in [-0.39, 0.29) is 30.1 Å². The predicted octanol–water partition coefficient (Wildman–Crippen LogP) is 10.5. The molecule has 0 N–H and O–H groups in total. The minimum Gasteiger partial charge on any atom is -0.494 e. The highest BCUT2D eigenvalue weighted by atomic mass is 16.6. The van der Waals surface area contributed by atoms with Crippen molar-refractivity contribution in [3.63, 3.8) is 0 Å². The molecule has 0 bridgehead atoms. The number of esters is 4. The van der Waals surface area contributed by atoms with Gasteiger partial charge in [-0.25, -0.2) is 19.2 Å². The van der Waals surface area contributed by atoms with Crippen molar-refractivity contribution in [1.82, 2.24) is 0 Å². The van der Waals surface area contributed by atoms with Crippen LogP contribution in [-0.4, -0.2) is 62.5 Å². The van der Waals surface area contributed by atoms with Crippen molar-refractivity contribution in [3.8, 4) is 11.5 Å². The third-order valence-electron chi connectivity index (χ3n) is 10.4. The topological polar surface area (TPSA) is 124 Å². The van der Waals surface area contributed by atoms with E-state index >= 15 is 0 Å². The third-order valence-corrected chi connectivity index (χ3v) is 10.4. The van der Waals surface area contributed by atoms with Crippen LogP contribution < -0.4 is 9.47 Å². The largest absolute Gasteiger partial charge is 0.494 e. The number of allylic oxidation sites excluding steroid dienone is 1. The number of ether oxygens (including phenoxy) is 6. The maximum Gasteiger partial charge on any atom is 0.338 e. The van der Waals surface area contributed by atoms with E-state index in [4.69, 9.17) is 28.4 Å². The summed E-state index contributed by atoms with van der Waals surface area (Å²) >= 11 is 0. The molecule has 10 heteroatoms. The van der Waals surface area contributed by atoms with Gasteiger partial charge in [0.2, 0.25) is 0 Å². The molecule has 0 saturated heterocycles. The fourth-order valence-corrected chi connectivity index (χ4v) is 7.18. The van der Waals surface area contributed by atoms with Crippen LogP contribution in [0.15, 0.2) is 111 Å². The molecule has 0 radical (unpaired) electrons. The van der Waals surface area contributed by atoms with Crippen molar-refractivity contribution in [3.05, 3.63) is 122 Å². The lowest BCUT2D eigenvalue weighted by molar-refractivity contribution is -0.138. The molecule has 4 aromatic carbocycles. The van der Waals surface area contributed by atoms with Gasteiger partial charge < -0.3 is 28.4 Å². The number of rotatable bonds is 24. The molecule has 0 heterocycles. The number of hydrogen-bond donors (Lipinski definition) is 0. The van der Waals surface area contributed by atoms with E-state index in [1.54, 1.807) is 12.1 Å². The van der Waals surface area contributed by atoms with E-state index in [0.717, 1.165) is 84.4 Å². The first-order chi connectivity index (χ1) is 28.8. The molecule has 0 unspecified atom stereocenters. The van der Waals surface area contributed by atoms with Gasteiger partial charge in [-0.1, -0.05) is 43.5 Å². The molecule has 0 amide bonds. The molecular weight excluding hydrogens is 749 g/mol. The Kier molecular flexibility index (Phi) is 17.6. The lowest BCUT2D eigenvalue weighted by Gasteiger charge is -2.35. The van der Waals surface area contributed by atoms with Crippen molar-refractivity contribution in [2.24, 2.45) is 5.92 Å². The lowest BCUT2D eigenvalue weighted by atomic mass is 9.82. The fraction of sp³-hybridized carbons (Fsp3) is 0.388. The van der Waals surface area contributed by atoms with Crippen LogP contribution in [0.5, 0.6) is 11.5 Å². The Labute approximate surface area is 347 Å². The Balaban J connectivity index is 1.05. The summed E-state index contributed by atoms with van der Waals surface area (Å²) < 4.78 is 34.0. The second-order valence-electron chi connectivity index (χ2n) is 14.8. The van der Waals surface area contributed by atoms with Crippen LogP contribution in [0.3, 0.4) is 0 Å². The van der Waals surface area contributed by atoms with Gasteiger partial charge in [0.1, 0.15) is 23.7 Å². The Hall–Kier alpha value is -5.90. The van der Waals surface area contributed by atoms with E-state index in [0.29, 0.717) is 63.2 Å². The van der Waals surface area contributed by atoms with Gasteiger partial charge in [0.25, 0.3) is 0 Å². The molecule has 1 saturated carbocycles. The summed E-state index contributed by atoms with van der Waals surface area (Å²) in [6, 6.07) is 22.7. The van der Waals surface area contributed by atoms with Gasteiger partial charge in [0.15, 0.2) is 0 Å². The van der Waals surface area contributed by atoms with Crippen molar-refractivity contribution in [2.45, 2.75) is 89.3 Å². The number of hydrogen-bond acceptors (Lipinski definition) is 10. The molecule has 1 fully saturated rings. The molecule has 1 aliphatic carbocycles. The summed E-state index contributed by atoms with van der Waals surface area (Å²) in [5, 5.41) is 3.74. The SMILES string of the molecule is C=CC[C@@H]1C[C@H](OC(=O)c2ccc3cc(OCCCCCCOC(=O)C=C)ccc3c2)CC[C@H]1OC(=O)c1ccc2cc(OCCCCCCOC(=O)C=C)ccc2c1. The van der Waals surface area contributed by atoms with E-state index in [2.05, 4.69) is 19.7 Å². The van der Waals surface area contributed by atoms with Gasteiger partial charge in [-0.15, -0.1) is 6.58 Å². The molecule has 4 aromatic rings. The average Bonchev–Trinajstić information content (AvgIpc) is 3.25. The minimum absolute atomic E-state index is 0.0324. The van der Waals surface area contributed by atoms with Crippen LogP contribution in [0.4, 0.5) is 0 Å². The summed E-state index contributed by atoms with van der Waals surface area (Å²) in [5.41, 5.74) is 0.953. The Morgan fingerprint density at radius 3 is 1.49 bits per heavy atom. The number of benzene rings is 4. The molecule has 3 atom stereocenters. The Bertz CT molecular complexity index is 2070. The van der Waals surface area contributed by atoms with Gasteiger partial charge in [-0.3, -0.25) is 0 Å². The van der Waals surface area contributed by atoms with Crippen molar-refractivity contribution < 1.29 is 47.6 Å². The maximum atomic E-state index is 13.4. The Morgan fingerprint density at radius 1 is 0.542 bits per heavy atom. The first-order valence-electron chi connectivity index (χ1n) is 20.7. The molecule has 59 heavy (non-hydrogen) atoms. The van der Waals surface area contributed by atoms with Gasteiger partial charge in [-0.2, -0.15) is 0 Å². The highest BCUT2D eigenvalue weighted by molar-refractivity contribution is 5.97. The summed E-state index contributed by atoms with van der Waals surface area (Å²) in [6.45, 7) is 12.7. The van der Waals surface area contributed by atoms with Crippen LogP contribution in [0.25, 0.3) is 21.5 Å². The number of unbranched alkanes of at least 4 members (excludes halogenated alkanes) is 6. The highest BCUT2D eigenvalue weighted by Crippen LogP contribution is 2.33. The summed E-state index contributed by atoms with van der Waals surface area (Å²) in [5.74, 6) is -0.0513. The molecule has 0 aliphatic heterocycles. The van der Waals surface area contributed by atoms with Gasteiger partial charge in [0, 0.05) is 18.1 Å². The maximum absolute atomic E-state index is 13.4. The van der Waals surface area contributed by atoms with E-state index < -0.39 is 11.9 Å². The molecule has 0 spiro atoms. The molecule has 312 valence electrons. The van der Waals surface area contributed by atoms with E-state index in [1.807, 2.05) is 66.7 Å². The zero-order chi connectivity index (χ0) is 41.8. The van der Waals surface area contributed by atoms with Crippen LogP contribution >= 0.6 is 0 Å². The Morgan fingerprint density at radius 2 is 1.00 bits per heavy atom. The third kappa shape index (κ3) is 14.2. The first kappa shape index (κ1) is 44.2. The average molecular weight is 805 g/mol. The zero-order valence-corrected chi connectivity index (χ0v) is 33.9. The quantitative estimate of drug-likeness (QED) is 0.0222. The van der Waals surface area contributed by atoms with Crippen LogP contribution in [0.2, 0.25) is 0 Å². The van der Waals surface area contributed by atoms with Gasteiger partial charge in [0.05, 0.1) is 37.6 Å². The summed E-state index contributed by atoms with van der Waals surface area (Å²) in [7, 11) is 0. The molecule has 1 aliphatic rings. The zero-order valence-electron chi connectivity index (χ0n) is 33.9. The fourth-order valence-electron chi connectivity index (χ4n) is 7.18. The standard InChI is InChI=1S/C49H56O10/c1-4-15-39-34-44(58-48(52)40-18-16-37-32-42(22-20-35(37)30-40)54-26-11-7-9-13-28-56-46(50)5-2)24-25-45(39)59-49(53)41-19-17-38-33-43(23-21-36(38)31-41)55-27-12-8-10-14-29-57-47(51)6-3/h4-6,16-23,30-33,39,44-45H,1-3,7-15,24-29,34H2/t39-,44-,45-/m1/s1. The minimum atomic E-state index is -0.393. The lowest BCUT2D eigenvalue weighted by Crippen LogP contribution is -2.37. The summed E-state index contributed by atoms with van der Waals surface area (Å²) in [6.07, 6.45) is 13.1. The molecular formula is C49H56O10. The van der Waals surface area contributed by atoms with E-state index in [1.165, 1.54) is 12.2 Å². The number of carbonyl (C=O) groups is 4. The second-order valence-corrected chi connectivity index (χ2v) is 14.8. The van der Waals surface area contributed by atoms with E-state index in [9.17, 15) is 19.2 Å². The highest BCUT2D eigenvalue weighted by Gasteiger charge is 2.34. The predicted molar refractivity (Wildman–Crippen MR) is 229 cm³/mol. The van der Waals surface area contributed by atoms with Gasteiger partial charge >= 0.3 is 23.9 Å². The number of carbonyl (C=O) groups excluding carboxylic acids is 4. The van der Waals surface area contributed by atoms with Gasteiger partial charge in [-0.05, 0) is 147 Å². The van der Waals surface area contributed by atoms with Crippen LogP contribution in [0.1, 0.15) is 97.8 Å². The monoisotopic (exact) mass is 804 g/mol. The smallest absolute Gasteiger partial charge is 0.338 e. The van der Waals surface area contributed by atoms with Crippen LogP contribution in [0, 0.1) is 5.92 Å². The number of fused-ring (bicyclic) bond motifs is 2. The van der Waals surface area contributed by atoms with Crippen molar-refractivity contribution in [2.75, 3.05) is 26.4 Å².